The van der Waals surface area contributed by atoms with Gasteiger partial charge < -0.3 is 10.3 Å². The van der Waals surface area contributed by atoms with Gasteiger partial charge in [0.15, 0.2) is 0 Å². The van der Waals surface area contributed by atoms with Crippen molar-refractivity contribution in [1.82, 2.24) is 19.7 Å². The predicted octanol–water partition coefficient (Wildman–Crippen LogP) is 3.95. The summed E-state index contributed by atoms with van der Waals surface area (Å²) in [6.45, 7) is 0. The minimum absolute atomic E-state index is 0.00478. The number of rotatable bonds is 4. The lowest BCUT2D eigenvalue weighted by Gasteiger charge is -2.14. The third-order valence-corrected chi connectivity index (χ3v) is 4.29. The highest BCUT2D eigenvalue weighted by Crippen LogP contribution is 2.33. The van der Waals surface area contributed by atoms with Crippen LogP contribution in [0.3, 0.4) is 0 Å². The molecule has 6 nitrogen and oxygen atoms in total. The van der Waals surface area contributed by atoms with Gasteiger partial charge in [-0.15, -0.1) is 0 Å². The van der Waals surface area contributed by atoms with Crippen LogP contribution in [0.25, 0.3) is 16.6 Å². The molecule has 0 saturated carbocycles. The highest BCUT2D eigenvalue weighted by atomic mass is 19.4. The van der Waals surface area contributed by atoms with Crippen molar-refractivity contribution in [1.29, 1.82) is 0 Å². The van der Waals surface area contributed by atoms with Crippen LogP contribution in [0.1, 0.15) is 11.1 Å². The number of anilines is 1. The summed E-state index contributed by atoms with van der Waals surface area (Å²) in [5.74, 6) is -0.439. The smallest absolute Gasteiger partial charge is 0.361 e. The number of H-pyrrole nitrogens is 1. The minimum Gasteiger partial charge on any atom is -0.361 e. The van der Waals surface area contributed by atoms with Gasteiger partial charge in [-0.3, -0.25) is 4.79 Å². The Balaban J connectivity index is 1.64. The van der Waals surface area contributed by atoms with Crippen LogP contribution in [0, 0.1) is 0 Å². The standard InChI is InChI=1S/C19H14F3N5O/c20-19(21,22)13-5-6-17(27-11-23-10-25-27)16(8-13)26-18(28)7-12-9-24-15-4-2-1-3-14(12)15/h1-6,8-11,24H,7H2,(H,26,28). The number of hydrogen-bond acceptors (Lipinski definition) is 3. The fourth-order valence-corrected chi connectivity index (χ4v) is 2.99. The molecule has 4 aromatic rings. The van der Waals surface area contributed by atoms with Crippen molar-refractivity contribution in [3.05, 3.63) is 72.4 Å². The summed E-state index contributed by atoms with van der Waals surface area (Å²) in [6, 6.07) is 10.6. The Morgan fingerprint density at radius 3 is 2.75 bits per heavy atom. The quantitative estimate of drug-likeness (QED) is 0.559. The molecule has 2 aromatic carbocycles. The second-order valence-electron chi connectivity index (χ2n) is 6.15. The van der Waals surface area contributed by atoms with Gasteiger partial charge in [-0.25, -0.2) is 9.67 Å². The number of carbonyl (C=O) groups excluding carboxylic acids is 1. The lowest BCUT2D eigenvalue weighted by Crippen LogP contribution is -2.17. The maximum atomic E-state index is 13.1. The van der Waals surface area contributed by atoms with E-state index in [0.29, 0.717) is 0 Å². The monoisotopic (exact) mass is 385 g/mol. The largest absolute Gasteiger partial charge is 0.416 e. The molecule has 1 amide bonds. The first-order valence-corrected chi connectivity index (χ1v) is 8.33. The Morgan fingerprint density at radius 2 is 2.00 bits per heavy atom. The zero-order chi connectivity index (χ0) is 19.7. The Morgan fingerprint density at radius 1 is 1.18 bits per heavy atom. The van der Waals surface area contributed by atoms with Crippen LogP contribution in [0.2, 0.25) is 0 Å². The summed E-state index contributed by atoms with van der Waals surface area (Å²) >= 11 is 0. The van der Waals surface area contributed by atoms with Crippen molar-refractivity contribution in [3.63, 3.8) is 0 Å². The Labute approximate surface area is 157 Å². The molecule has 2 aromatic heterocycles. The third kappa shape index (κ3) is 3.46. The molecule has 2 N–H and O–H groups in total. The Kier molecular flexibility index (Phi) is 4.34. The van der Waals surface area contributed by atoms with Gasteiger partial charge in [-0.05, 0) is 29.8 Å². The van der Waals surface area contributed by atoms with Gasteiger partial charge in [0, 0.05) is 17.1 Å². The van der Waals surface area contributed by atoms with E-state index in [1.807, 2.05) is 24.3 Å². The number of aromatic amines is 1. The second-order valence-corrected chi connectivity index (χ2v) is 6.15. The van der Waals surface area contributed by atoms with Crippen LogP contribution in [0.15, 0.2) is 61.3 Å². The molecule has 0 fully saturated rings. The van der Waals surface area contributed by atoms with Crippen molar-refractivity contribution >= 4 is 22.5 Å². The van der Waals surface area contributed by atoms with Gasteiger partial charge >= 0.3 is 6.18 Å². The van der Waals surface area contributed by atoms with Crippen molar-refractivity contribution in [2.75, 3.05) is 5.32 Å². The zero-order valence-electron chi connectivity index (χ0n) is 14.4. The van der Waals surface area contributed by atoms with E-state index in [9.17, 15) is 18.0 Å². The number of halogens is 3. The molecule has 4 rings (SSSR count). The maximum Gasteiger partial charge on any atom is 0.416 e. The van der Waals surface area contributed by atoms with Crippen LogP contribution in [-0.2, 0) is 17.4 Å². The molecule has 9 heteroatoms. The van der Waals surface area contributed by atoms with Crippen LogP contribution >= 0.6 is 0 Å². The molecule has 0 aliphatic rings. The van der Waals surface area contributed by atoms with Gasteiger partial charge in [0.25, 0.3) is 0 Å². The lowest BCUT2D eigenvalue weighted by molar-refractivity contribution is -0.137. The summed E-state index contributed by atoms with van der Waals surface area (Å²) in [4.78, 5) is 19.4. The molecule has 142 valence electrons. The number of nitrogens with zero attached hydrogens (tertiary/aromatic N) is 3. The van der Waals surface area contributed by atoms with Crippen molar-refractivity contribution < 1.29 is 18.0 Å². The Bertz CT molecular complexity index is 1130. The number of para-hydroxylation sites is 1. The van der Waals surface area contributed by atoms with E-state index in [4.69, 9.17) is 0 Å². The molecule has 0 bridgehead atoms. The molecule has 0 saturated heterocycles. The first-order valence-electron chi connectivity index (χ1n) is 8.33. The topological polar surface area (TPSA) is 75.6 Å². The van der Waals surface area contributed by atoms with Crippen LogP contribution < -0.4 is 5.32 Å². The second kappa shape index (κ2) is 6.84. The number of fused-ring (bicyclic) bond motifs is 1. The molecule has 0 unspecified atom stereocenters. The number of carbonyl (C=O) groups is 1. The number of nitrogens with one attached hydrogen (secondary N) is 2. The van der Waals surface area contributed by atoms with E-state index in [1.54, 1.807) is 6.20 Å². The average Bonchev–Trinajstić information content (AvgIpc) is 3.31. The number of benzene rings is 2. The van der Waals surface area contributed by atoms with Gasteiger partial charge in [0.1, 0.15) is 12.7 Å². The minimum atomic E-state index is -4.53. The zero-order valence-corrected chi connectivity index (χ0v) is 14.4. The predicted molar refractivity (Wildman–Crippen MR) is 97.0 cm³/mol. The van der Waals surface area contributed by atoms with E-state index >= 15 is 0 Å². The highest BCUT2D eigenvalue weighted by Gasteiger charge is 2.31. The van der Waals surface area contributed by atoms with E-state index in [-0.39, 0.29) is 17.8 Å². The van der Waals surface area contributed by atoms with E-state index in [0.717, 1.165) is 28.6 Å². The number of amides is 1. The molecule has 0 atom stereocenters. The molecule has 28 heavy (non-hydrogen) atoms. The van der Waals surface area contributed by atoms with E-state index < -0.39 is 17.6 Å². The van der Waals surface area contributed by atoms with Gasteiger partial charge in [-0.2, -0.15) is 18.3 Å². The molecule has 2 heterocycles. The van der Waals surface area contributed by atoms with Crippen LogP contribution in [0.4, 0.5) is 18.9 Å². The van der Waals surface area contributed by atoms with Gasteiger partial charge in [0.05, 0.1) is 23.4 Å². The van der Waals surface area contributed by atoms with Crippen molar-refractivity contribution in [3.8, 4) is 5.69 Å². The lowest BCUT2D eigenvalue weighted by atomic mass is 10.1. The van der Waals surface area contributed by atoms with E-state index in [1.165, 1.54) is 23.4 Å². The molecular weight excluding hydrogens is 371 g/mol. The summed E-state index contributed by atoms with van der Waals surface area (Å²) in [5, 5.41) is 7.39. The van der Waals surface area contributed by atoms with Gasteiger partial charge in [0.2, 0.25) is 5.91 Å². The van der Waals surface area contributed by atoms with Gasteiger partial charge in [-0.1, -0.05) is 18.2 Å². The maximum absolute atomic E-state index is 13.1. The number of aromatic nitrogens is 4. The van der Waals surface area contributed by atoms with Crippen LogP contribution in [0.5, 0.6) is 0 Å². The highest BCUT2D eigenvalue weighted by molar-refractivity contribution is 5.97. The normalized spacial score (nSPS) is 11.7. The fourth-order valence-electron chi connectivity index (χ4n) is 2.99. The Hall–Kier alpha value is -3.62. The molecule has 0 spiro atoms. The number of alkyl halides is 3. The summed E-state index contributed by atoms with van der Waals surface area (Å²) in [5.41, 5.74) is 1.07. The fraction of sp³-hybridized carbons (Fsp3) is 0.105. The summed E-state index contributed by atoms with van der Waals surface area (Å²) in [6.07, 6.45) is -0.198. The summed E-state index contributed by atoms with van der Waals surface area (Å²) < 4.78 is 40.6. The molecule has 0 aliphatic carbocycles. The SMILES string of the molecule is O=C(Cc1c[nH]c2ccccc12)Nc1cc(C(F)(F)F)ccc1-n1cncn1. The molecule has 0 radical (unpaired) electrons. The van der Waals surface area contributed by atoms with E-state index in [2.05, 4.69) is 20.4 Å². The van der Waals surface area contributed by atoms with Crippen LogP contribution in [-0.4, -0.2) is 25.7 Å². The average molecular weight is 385 g/mol. The number of hydrogen-bond donors (Lipinski definition) is 2. The third-order valence-electron chi connectivity index (χ3n) is 4.29. The first-order chi connectivity index (χ1) is 13.4. The van der Waals surface area contributed by atoms with Crippen molar-refractivity contribution in [2.45, 2.75) is 12.6 Å². The molecule has 0 aliphatic heterocycles. The summed E-state index contributed by atoms with van der Waals surface area (Å²) in [7, 11) is 0. The molecular formula is C19H14F3N5O. The first kappa shape index (κ1) is 17.8. The van der Waals surface area contributed by atoms with Crippen molar-refractivity contribution in [2.24, 2.45) is 0 Å².